The minimum Gasteiger partial charge on any atom is -0.395 e. The second-order valence-electron chi connectivity index (χ2n) is 3.90. The summed E-state index contributed by atoms with van der Waals surface area (Å²) in [6, 6.07) is 4.41. The van der Waals surface area contributed by atoms with Crippen LogP contribution in [-0.2, 0) is 0 Å². The predicted octanol–water partition coefficient (Wildman–Crippen LogP) is 1.00. The van der Waals surface area contributed by atoms with Crippen molar-refractivity contribution < 1.29 is 5.11 Å². The third-order valence-corrected chi connectivity index (χ3v) is 3.29. The Balaban J connectivity index is 2.14. The fourth-order valence-electron chi connectivity index (χ4n) is 2.04. The number of pyridine rings is 1. The number of nitrogens with zero attached hydrogens (tertiary/aromatic N) is 2. The molecule has 5 heteroatoms. The van der Waals surface area contributed by atoms with Gasteiger partial charge in [-0.05, 0) is 41.0 Å². The molecule has 1 aliphatic rings. The zero-order valence-electron chi connectivity index (χ0n) is 9.06. The van der Waals surface area contributed by atoms with Gasteiger partial charge in [0, 0.05) is 29.8 Å². The van der Waals surface area contributed by atoms with Crippen molar-refractivity contribution in [2.75, 3.05) is 31.1 Å². The van der Waals surface area contributed by atoms with Crippen LogP contribution in [0.4, 0.5) is 5.82 Å². The van der Waals surface area contributed by atoms with Gasteiger partial charge in [0.2, 0.25) is 0 Å². The highest BCUT2D eigenvalue weighted by Crippen LogP contribution is 2.19. The van der Waals surface area contributed by atoms with E-state index in [1.54, 1.807) is 6.20 Å². The van der Waals surface area contributed by atoms with E-state index in [2.05, 4.69) is 31.1 Å². The van der Waals surface area contributed by atoms with Crippen molar-refractivity contribution in [3.63, 3.8) is 0 Å². The van der Waals surface area contributed by atoms with Gasteiger partial charge in [0.15, 0.2) is 0 Å². The monoisotopic (exact) mass is 285 g/mol. The predicted molar refractivity (Wildman–Crippen MR) is 67.6 cm³/mol. The molecule has 4 nitrogen and oxygen atoms in total. The van der Waals surface area contributed by atoms with Crippen molar-refractivity contribution in [3.05, 3.63) is 22.8 Å². The molecule has 1 unspecified atom stereocenters. The van der Waals surface area contributed by atoms with Crippen LogP contribution in [0.15, 0.2) is 22.8 Å². The molecule has 0 radical (unpaired) electrons. The van der Waals surface area contributed by atoms with Crippen LogP contribution in [0.25, 0.3) is 0 Å². The largest absolute Gasteiger partial charge is 0.395 e. The summed E-state index contributed by atoms with van der Waals surface area (Å²) in [5.41, 5.74) is 0. The molecule has 0 aromatic carbocycles. The van der Waals surface area contributed by atoms with E-state index < -0.39 is 0 Å². The molecular weight excluding hydrogens is 270 g/mol. The van der Waals surface area contributed by atoms with Gasteiger partial charge in [0.05, 0.1) is 6.61 Å². The second-order valence-corrected chi connectivity index (χ2v) is 4.81. The van der Waals surface area contributed by atoms with E-state index in [1.807, 2.05) is 12.1 Å². The zero-order valence-corrected chi connectivity index (χ0v) is 10.7. The number of aliphatic hydroxyl groups excluding tert-OH is 1. The second kappa shape index (κ2) is 5.61. The normalized spacial score (nSPS) is 20.0. The van der Waals surface area contributed by atoms with E-state index in [9.17, 15) is 0 Å². The topological polar surface area (TPSA) is 48.4 Å². The zero-order chi connectivity index (χ0) is 11.4. The number of hydrogen-bond donors (Lipinski definition) is 2. The lowest BCUT2D eigenvalue weighted by molar-refractivity contribution is 0.297. The lowest BCUT2D eigenvalue weighted by Gasteiger charge is -2.28. The minimum absolute atomic E-state index is 0.161. The van der Waals surface area contributed by atoms with Crippen LogP contribution >= 0.6 is 15.9 Å². The maximum atomic E-state index is 9.11. The van der Waals surface area contributed by atoms with E-state index >= 15 is 0 Å². The van der Waals surface area contributed by atoms with Gasteiger partial charge in [0.25, 0.3) is 0 Å². The molecule has 16 heavy (non-hydrogen) atoms. The number of hydrogen-bond acceptors (Lipinski definition) is 4. The molecule has 0 saturated carbocycles. The summed E-state index contributed by atoms with van der Waals surface area (Å²) in [5, 5.41) is 12.4. The standard InChI is InChI=1S/C11H16BrN3O/c12-9-1-2-11(14-7-9)15(5-6-16)10-3-4-13-8-10/h1-2,7,10,13,16H,3-6,8H2. The molecule has 88 valence electrons. The Morgan fingerprint density at radius 1 is 1.56 bits per heavy atom. The first kappa shape index (κ1) is 11.8. The summed E-state index contributed by atoms with van der Waals surface area (Å²) in [4.78, 5) is 6.56. The summed E-state index contributed by atoms with van der Waals surface area (Å²) in [5.74, 6) is 0.936. The molecule has 2 heterocycles. The Morgan fingerprint density at radius 3 is 3.00 bits per heavy atom. The van der Waals surface area contributed by atoms with Crippen LogP contribution in [0.1, 0.15) is 6.42 Å². The van der Waals surface area contributed by atoms with Crippen molar-refractivity contribution in [1.82, 2.24) is 10.3 Å². The molecule has 1 aromatic rings. The molecule has 0 bridgehead atoms. The number of nitrogens with one attached hydrogen (secondary N) is 1. The Morgan fingerprint density at radius 2 is 2.44 bits per heavy atom. The van der Waals surface area contributed by atoms with Crippen molar-refractivity contribution in [2.24, 2.45) is 0 Å². The van der Waals surface area contributed by atoms with Crippen molar-refractivity contribution in [1.29, 1.82) is 0 Å². The molecule has 0 spiro atoms. The van der Waals surface area contributed by atoms with E-state index in [1.165, 1.54) is 0 Å². The minimum atomic E-state index is 0.161. The van der Waals surface area contributed by atoms with Gasteiger partial charge in [-0.3, -0.25) is 0 Å². The lowest BCUT2D eigenvalue weighted by Crippen LogP contribution is -2.39. The Bertz CT molecular complexity index is 325. The SMILES string of the molecule is OCCN(c1ccc(Br)cn1)C1CCNC1. The molecule has 1 atom stereocenters. The first-order chi connectivity index (χ1) is 7.81. The molecule has 2 rings (SSSR count). The van der Waals surface area contributed by atoms with E-state index in [-0.39, 0.29) is 6.61 Å². The summed E-state index contributed by atoms with van der Waals surface area (Å²) < 4.78 is 0.977. The molecular formula is C11H16BrN3O. The Hall–Kier alpha value is -0.650. The number of aliphatic hydroxyl groups is 1. The summed E-state index contributed by atoms with van der Waals surface area (Å²) in [7, 11) is 0. The fourth-order valence-corrected chi connectivity index (χ4v) is 2.27. The smallest absolute Gasteiger partial charge is 0.128 e. The van der Waals surface area contributed by atoms with Crippen LogP contribution in [0.3, 0.4) is 0 Å². The molecule has 1 saturated heterocycles. The van der Waals surface area contributed by atoms with Crippen molar-refractivity contribution in [2.45, 2.75) is 12.5 Å². The average molecular weight is 286 g/mol. The van der Waals surface area contributed by atoms with Crippen LogP contribution in [0, 0.1) is 0 Å². The number of anilines is 1. The lowest BCUT2D eigenvalue weighted by atomic mass is 10.2. The van der Waals surface area contributed by atoms with Crippen molar-refractivity contribution >= 4 is 21.7 Å². The molecule has 0 aliphatic carbocycles. The van der Waals surface area contributed by atoms with Gasteiger partial charge in [0.1, 0.15) is 5.82 Å². The quantitative estimate of drug-likeness (QED) is 0.867. The maximum Gasteiger partial charge on any atom is 0.128 e. The van der Waals surface area contributed by atoms with Gasteiger partial charge in [-0.15, -0.1) is 0 Å². The van der Waals surface area contributed by atoms with E-state index in [4.69, 9.17) is 5.11 Å². The first-order valence-electron chi connectivity index (χ1n) is 5.51. The Labute approximate surface area is 104 Å². The summed E-state index contributed by atoms with van der Waals surface area (Å²) in [6.45, 7) is 2.82. The van der Waals surface area contributed by atoms with E-state index in [0.717, 1.165) is 29.8 Å². The van der Waals surface area contributed by atoms with Crippen LogP contribution in [-0.4, -0.2) is 42.4 Å². The molecule has 0 amide bonds. The Kier molecular flexibility index (Phi) is 4.15. The number of halogens is 1. The van der Waals surface area contributed by atoms with Crippen molar-refractivity contribution in [3.8, 4) is 0 Å². The van der Waals surface area contributed by atoms with Crippen LogP contribution < -0.4 is 10.2 Å². The van der Waals surface area contributed by atoms with Crippen LogP contribution in [0.5, 0.6) is 0 Å². The van der Waals surface area contributed by atoms with Gasteiger partial charge in [-0.1, -0.05) is 0 Å². The third kappa shape index (κ3) is 2.72. The summed E-state index contributed by atoms with van der Waals surface area (Å²) in [6.07, 6.45) is 2.90. The molecule has 1 aromatic heterocycles. The highest BCUT2D eigenvalue weighted by Gasteiger charge is 2.22. The van der Waals surface area contributed by atoms with Gasteiger partial charge in [-0.25, -0.2) is 4.98 Å². The first-order valence-corrected chi connectivity index (χ1v) is 6.30. The summed E-state index contributed by atoms with van der Waals surface area (Å²) >= 11 is 3.37. The highest BCUT2D eigenvalue weighted by molar-refractivity contribution is 9.10. The third-order valence-electron chi connectivity index (χ3n) is 2.82. The van der Waals surface area contributed by atoms with Gasteiger partial charge in [-0.2, -0.15) is 0 Å². The number of rotatable bonds is 4. The highest BCUT2D eigenvalue weighted by atomic mass is 79.9. The maximum absolute atomic E-state index is 9.11. The van der Waals surface area contributed by atoms with Gasteiger partial charge < -0.3 is 15.3 Å². The molecule has 1 aliphatic heterocycles. The van der Waals surface area contributed by atoms with E-state index in [0.29, 0.717) is 12.6 Å². The van der Waals surface area contributed by atoms with Crippen LogP contribution in [0.2, 0.25) is 0 Å². The number of aromatic nitrogens is 1. The van der Waals surface area contributed by atoms with Gasteiger partial charge >= 0.3 is 0 Å². The fraction of sp³-hybridized carbons (Fsp3) is 0.545. The average Bonchev–Trinajstić information content (AvgIpc) is 2.81. The molecule has 2 N–H and O–H groups in total. The molecule has 1 fully saturated rings.